The van der Waals surface area contributed by atoms with Gasteiger partial charge in [0.15, 0.2) is 5.65 Å². The minimum Gasteiger partial charge on any atom is -0.349 e. The number of hydrogen-bond acceptors (Lipinski definition) is 6. The number of halogens is 1. The van der Waals surface area contributed by atoms with E-state index in [-0.39, 0.29) is 31.3 Å². The fourth-order valence-electron chi connectivity index (χ4n) is 5.66. The van der Waals surface area contributed by atoms with E-state index in [0.717, 1.165) is 11.3 Å². The van der Waals surface area contributed by atoms with Gasteiger partial charge in [-0.1, -0.05) is 63.6 Å². The number of nitrogens with zero attached hydrogens (tertiary/aromatic N) is 6. The number of terminal acetylenes is 1. The first kappa shape index (κ1) is 31.5. The van der Waals surface area contributed by atoms with E-state index >= 15 is 0 Å². The number of benzene rings is 1. The van der Waals surface area contributed by atoms with Crippen LogP contribution in [0.25, 0.3) is 28.0 Å². The second-order valence-electron chi connectivity index (χ2n) is 11.0. The van der Waals surface area contributed by atoms with Gasteiger partial charge in [0, 0.05) is 42.5 Å². The van der Waals surface area contributed by atoms with Gasteiger partial charge in [0.1, 0.15) is 5.82 Å². The fraction of sp³-hybridized carbons (Fsp3) is 0.324. The van der Waals surface area contributed by atoms with Gasteiger partial charge in [-0.3, -0.25) is 9.78 Å². The Morgan fingerprint density at radius 1 is 1.16 bits per heavy atom. The molecule has 0 bridgehead atoms. The number of fused-ring (bicyclic) bond motifs is 1. The molecule has 3 aromatic heterocycles. The lowest BCUT2D eigenvalue weighted by Gasteiger charge is -2.44. The third-order valence-corrected chi connectivity index (χ3v) is 8.07. The third kappa shape index (κ3) is 5.53. The normalized spacial score (nSPS) is 16.6. The lowest BCUT2D eigenvalue weighted by Crippen LogP contribution is -2.58. The predicted molar refractivity (Wildman–Crippen MR) is 175 cm³/mol. The highest BCUT2D eigenvalue weighted by Crippen LogP contribution is 2.36. The number of rotatable bonds is 5. The second kappa shape index (κ2) is 12.4. The summed E-state index contributed by atoms with van der Waals surface area (Å²) in [5.74, 6) is 3.09. The van der Waals surface area contributed by atoms with Crippen LogP contribution < -0.4 is 10.6 Å². The molecule has 43 heavy (non-hydrogen) atoms. The zero-order valence-corrected chi connectivity index (χ0v) is 25.2. The first-order valence-electron chi connectivity index (χ1n) is 13.9. The standard InChI is InChI=1S/C33H33ClN6O2.CH4/c1-8-23-12-10-11-13-24(23)29-26(34)16-25-31(39-18-21(6)38(17-22(39)7)27(41)9-2)37-33(42)40(32(25)36-29)30-20(5)14-15-35-28(30)19(3)4;/h1,9-16,19,21-22H,2,17-18H2,3-7H3;1H4/t21-,22+;/m1./s1. The van der Waals surface area contributed by atoms with Crippen molar-refractivity contribution in [1.82, 2.24) is 24.4 Å². The van der Waals surface area contributed by atoms with Crippen LogP contribution in [0.2, 0.25) is 5.02 Å². The number of carbonyl (C=O) groups is 1. The number of pyridine rings is 2. The Labute approximate surface area is 258 Å². The average Bonchev–Trinajstić information content (AvgIpc) is 2.97. The summed E-state index contributed by atoms with van der Waals surface area (Å²) >= 11 is 6.94. The van der Waals surface area contributed by atoms with Crippen LogP contribution in [0.15, 0.2) is 60.0 Å². The number of amides is 1. The van der Waals surface area contributed by atoms with Crippen molar-refractivity contribution in [3.63, 3.8) is 0 Å². The Hall–Kier alpha value is -4.48. The van der Waals surface area contributed by atoms with Crippen LogP contribution in [-0.4, -0.2) is 55.5 Å². The lowest BCUT2D eigenvalue weighted by molar-refractivity contribution is -0.128. The molecular weight excluding hydrogens is 560 g/mol. The number of piperazine rings is 1. The molecule has 0 aliphatic carbocycles. The molecule has 2 atom stereocenters. The van der Waals surface area contributed by atoms with Gasteiger partial charge in [0.2, 0.25) is 5.91 Å². The smallest absolute Gasteiger partial charge is 0.349 e. The van der Waals surface area contributed by atoms with E-state index in [1.54, 1.807) is 15.7 Å². The number of hydrogen-bond donors (Lipinski definition) is 0. The van der Waals surface area contributed by atoms with Crippen molar-refractivity contribution < 1.29 is 4.79 Å². The Kier molecular flexibility index (Phi) is 9.07. The molecule has 0 saturated carbocycles. The number of carbonyl (C=O) groups excluding carboxylic acids is 1. The number of aryl methyl sites for hydroxylation is 1. The molecule has 1 amide bonds. The van der Waals surface area contributed by atoms with E-state index in [2.05, 4.69) is 27.4 Å². The second-order valence-corrected chi connectivity index (χ2v) is 11.4. The van der Waals surface area contributed by atoms with Crippen molar-refractivity contribution in [3.05, 3.63) is 87.6 Å². The van der Waals surface area contributed by atoms with E-state index in [4.69, 9.17) is 23.0 Å². The molecule has 5 rings (SSSR count). The van der Waals surface area contributed by atoms with Gasteiger partial charge >= 0.3 is 5.69 Å². The van der Waals surface area contributed by atoms with Gasteiger partial charge in [-0.25, -0.2) is 14.3 Å². The largest absolute Gasteiger partial charge is 0.355 e. The van der Waals surface area contributed by atoms with Crippen molar-refractivity contribution in [2.45, 2.75) is 60.0 Å². The third-order valence-electron chi connectivity index (χ3n) is 7.78. The zero-order valence-electron chi connectivity index (χ0n) is 24.4. The van der Waals surface area contributed by atoms with E-state index in [9.17, 15) is 9.59 Å². The minimum atomic E-state index is -0.481. The molecule has 0 spiro atoms. The number of anilines is 1. The molecule has 9 heteroatoms. The van der Waals surface area contributed by atoms with Crippen LogP contribution >= 0.6 is 11.6 Å². The van der Waals surface area contributed by atoms with Crippen LogP contribution in [-0.2, 0) is 4.79 Å². The van der Waals surface area contributed by atoms with E-state index in [1.165, 1.54) is 6.08 Å². The van der Waals surface area contributed by atoms with Crippen LogP contribution in [0.3, 0.4) is 0 Å². The Morgan fingerprint density at radius 3 is 2.56 bits per heavy atom. The van der Waals surface area contributed by atoms with Gasteiger partial charge in [0.05, 0.1) is 27.5 Å². The summed E-state index contributed by atoms with van der Waals surface area (Å²) in [5, 5.41) is 0.994. The first-order chi connectivity index (χ1) is 20.1. The van der Waals surface area contributed by atoms with Crippen molar-refractivity contribution >= 4 is 34.4 Å². The van der Waals surface area contributed by atoms with Gasteiger partial charge in [-0.2, -0.15) is 4.98 Å². The SMILES string of the molecule is C.C#Cc1ccccc1-c1nc2c(cc1Cl)c(N1C[C@@H](C)N(C(=O)C=C)C[C@@H]1C)nc(=O)n2-c1c(C)ccnc1C(C)C. The van der Waals surface area contributed by atoms with Gasteiger partial charge in [0.25, 0.3) is 0 Å². The predicted octanol–water partition coefficient (Wildman–Crippen LogP) is 6.16. The first-order valence-corrected chi connectivity index (χ1v) is 14.3. The van der Waals surface area contributed by atoms with Crippen molar-refractivity contribution in [1.29, 1.82) is 0 Å². The zero-order chi connectivity index (χ0) is 30.3. The molecule has 222 valence electrons. The molecular formula is C34H37ClN6O2. The summed E-state index contributed by atoms with van der Waals surface area (Å²) in [6.07, 6.45) is 8.90. The highest BCUT2D eigenvalue weighted by molar-refractivity contribution is 6.34. The lowest BCUT2D eigenvalue weighted by atomic mass is 10.0. The van der Waals surface area contributed by atoms with Crippen molar-refractivity contribution in [2.75, 3.05) is 18.0 Å². The number of aromatic nitrogens is 4. The quantitative estimate of drug-likeness (QED) is 0.203. The molecule has 0 N–H and O–H groups in total. The molecule has 0 radical (unpaired) electrons. The van der Waals surface area contributed by atoms with Crippen LogP contribution in [0, 0.1) is 19.3 Å². The average molecular weight is 597 g/mol. The fourth-order valence-corrected chi connectivity index (χ4v) is 5.91. The maximum absolute atomic E-state index is 14.1. The van der Waals surface area contributed by atoms with Crippen LogP contribution in [0.1, 0.15) is 57.9 Å². The van der Waals surface area contributed by atoms with Crippen LogP contribution in [0.4, 0.5) is 5.82 Å². The van der Waals surface area contributed by atoms with Gasteiger partial charge < -0.3 is 9.80 Å². The maximum Gasteiger partial charge on any atom is 0.355 e. The Bertz CT molecular complexity index is 1820. The summed E-state index contributed by atoms with van der Waals surface area (Å²) < 4.78 is 1.54. The molecule has 4 aromatic rings. The van der Waals surface area contributed by atoms with E-state index < -0.39 is 5.69 Å². The molecule has 1 fully saturated rings. The van der Waals surface area contributed by atoms with E-state index in [0.29, 0.717) is 57.5 Å². The molecule has 0 unspecified atom stereocenters. The van der Waals surface area contributed by atoms with Gasteiger partial charge in [-0.15, -0.1) is 6.42 Å². The van der Waals surface area contributed by atoms with Crippen LogP contribution in [0.5, 0.6) is 0 Å². The minimum absolute atomic E-state index is 0. The highest BCUT2D eigenvalue weighted by Gasteiger charge is 2.34. The molecule has 1 aliphatic rings. The van der Waals surface area contributed by atoms with E-state index in [1.807, 2.05) is 71.0 Å². The summed E-state index contributed by atoms with van der Waals surface area (Å²) in [6, 6.07) is 10.8. The summed E-state index contributed by atoms with van der Waals surface area (Å²) in [7, 11) is 0. The molecule has 1 aliphatic heterocycles. The molecule has 1 aromatic carbocycles. The summed E-state index contributed by atoms with van der Waals surface area (Å²) in [4.78, 5) is 44.8. The highest BCUT2D eigenvalue weighted by atomic mass is 35.5. The Morgan fingerprint density at radius 2 is 1.88 bits per heavy atom. The topological polar surface area (TPSA) is 84.2 Å². The Balaban J connectivity index is 0.00000423. The molecule has 8 nitrogen and oxygen atoms in total. The van der Waals surface area contributed by atoms with Crippen molar-refractivity contribution in [3.8, 4) is 29.3 Å². The monoisotopic (exact) mass is 596 g/mol. The molecule has 4 heterocycles. The summed E-state index contributed by atoms with van der Waals surface area (Å²) in [5.41, 5.74) is 4.00. The maximum atomic E-state index is 14.1. The van der Waals surface area contributed by atoms with Gasteiger partial charge in [-0.05, 0) is 56.5 Å². The molecule has 1 saturated heterocycles. The summed E-state index contributed by atoms with van der Waals surface area (Å²) in [6.45, 7) is 14.5. The van der Waals surface area contributed by atoms with Crippen molar-refractivity contribution in [2.24, 2.45) is 0 Å².